The largest absolute Gasteiger partial charge is 0.361 e. The zero-order valence-electron chi connectivity index (χ0n) is 11.2. The maximum absolute atomic E-state index is 12.0. The Morgan fingerprint density at radius 2 is 1.71 bits per heavy atom. The molecule has 0 radical (unpaired) electrons. The van der Waals surface area contributed by atoms with Crippen molar-refractivity contribution in [2.24, 2.45) is 0 Å². The number of ketones is 1. The molecule has 1 N–H and O–H groups in total. The normalized spacial score (nSPS) is 10.9. The summed E-state index contributed by atoms with van der Waals surface area (Å²) in [5.74, 6) is -0.205. The van der Waals surface area contributed by atoms with Gasteiger partial charge in [-0.3, -0.25) is 4.79 Å². The molecule has 0 amide bonds. The molecule has 0 saturated heterocycles. The molecule has 0 aliphatic heterocycles. The Morgan fingerprint density at radius 3 is 2.43 bits per heavy atom. The van der Waals surface area contributed by atoms with Crippen LogP contribution in [0.5, 0.6) is 0 Å². The van der Waals surface area contributed by atoms with Gasteiger partial charge in [-0.05, 0) is 42.8 Å². The van der Waals surface area contributed by atoms with E-state index >= 15 is 0 Å². The topological polar surface area (TPSA) is 29.1 Å². The van der Waals surface area contributed by atoms with E-state index in [4.69, 9.17) is 34.8 Å². The summed E-state index contributed by atoms with van der Waals surface area (Å²) in [6, 6.07) is 10.3. The number of allylic oxidation sites excluding steroid dienone is 1. The molecule has 0 fully saturated rings. The predicted octanol–water partition coefficient (Wildman–Crippen LogP) is 5.76. The van der Waals surface area contributed by atoms with Crippen molar-refractivity contribution in [3.05, 3.63) is 74.9 Å². The first-order valence-corrected chi connectivity index (χ1v) is 7.29. The third kappa shape index (κ3) is 4.24. The SMILES string of the molecule is Cc1ccc(Cl)cc1N/C=C\C(=O)c1ccc(Cl)cc1Cl. The number of hydrogen-bond donors (Lipinski definition) is 1. The van der Waals surface area contributed by atoms with Crippen molar-refractivity contribution in [2.45, 2.75) is 6.92 Å². The van der Waals surface area contributed by atoms with E-state index in [1.807, 2.05) is 19.1 Å². The van der Waals surface area contributed by atoms with E-state index in [2.05, 4.69) is 5.32 Å². The lowest BCUT2D eigenvalue weighted by Gasteiger charge is -2.05. The molecule has 5 heteroatoms. The summed E-state index contributed by atoms with van der Waals surface area (Å²) in [5.41, 5.74) is 2.27. The van der Waals surface area contributed by atoms with E-state index in [1.54, 1.807) is 30.5 Å². The van der Waals surface area contributed by atoms with Gasteiger partial charge < -0.3 is 5.32 Å². The first-order chi connectivity index (χ1) is 9.97. The molecule has 0 aromatic heterocycles. The fourth-order valence-corrected chi connectivity index (χ4v) is 2.41. The van der Waals surface area contributed by atoms with Crippen LogP contribution in [-0.2, 0) is 0 Å². The molecule has 0 aliphatic rings. The molecule has 2 aromatic rings. The second-order valence-corrected chi connectivity index (χ2v) is 5.71. The van der Waals surface area contributed by atoms with Crippen molar-refractivity contribution in [3.63, 3.8) is 0 Å². The lowest BCUT2D eigenvalue weighted by molar-refractivity contribution is 0.104. The fraction of sp³-hybridized carbons (Fsp3) is 0.0625. The second-order valence-electron chi connectivity index (χ2n) is 4.43. The van der Waals surface area contributed by atoms with Crippen LogP contribution in [0.2, 0.25) is 15.1 Å². The first kappa shape index (κ1) is 15.9. The molecule has 2 nitrogen and oxygen atoms in total. The molecule has 0 heterocycles. The summed E-state index contributed by atoms with van der Waals surface area (Å²) >= 11 is 17.7. The summed E-state index contributed by atoms with van der Waals surface area (Å²) in [6.45, 7) is 1.95. The minimum absolute atomic E-state index is 0.205. The highest BCUT2D eigenvalue weighted by Crippen LogP contribution is 2.22. The van der Waals surface area contributed by atoms with Crippen molar-refractivity contribution in [2.75, 3.05) is 5.32 Å². The van der Waals surface area contributed by atoms with E-state index < -0.39 is 0 Å². The maximum atomic E-state index is 12.0. The maximum Gasteiger partial charge on any atom is 0.188 e. The first-order valence-electron chi connectivity index (χ1n) is 6.16. The number of rotatable bonds is 4. The zero-order valence-corrected chi connectivity index (χ0v) is 13.4. The summed E-state index contributed by atoms with van der Waals surface area (Å²) in [5, 5.41) is 4.48. The zero-order chi connectivity index (χ0) is 15.4. The number of halogens is 3. The molecule has 21 heavy (non-hydrogen) atoms. The molecule has 0 bridgehead atoms. The van der Waals surface area contributed by atoms with Crippen LogP contribution in [0.4, 0.5) is 5.69 Å². The standard InChI is InChI=1S/C16H12Cl3NO/c1-10-2-3-12(18)9-15(10)20-7-6-16(21)13-5-4-11(17)8-14(13)19/h2-9,20H,1H3/b7-6-. The Hall–Kier alpha value is -1.48. The van der Waals surface area contributed by atoms with Gasteiger partial charge in [0, 0.05) is 33.6 Å². The summed E-state index contributed by atoms with van der Waals surface area (Å²) in [6.07, 6.45) is 2.97. The van der Waals surface area contributed by atoms with Gasteiger partial charge in [-0.1, -0.05) is 40.9 Å². The van der Waals surface area contributed by atoms with Crippen LogP contribution in [0.3, 0.4) is 0 Å². The highest BCUT2D eigenvalue weighted by Gasteiger charge is 2.07. The quantitative estimate of drug-likeness (QED) is 0.566. The van der Waals surface area contributed by atoms with E-state index in [-0.39, 0.29) is 5.78 Å². The lowest BCUT2D eigenvalue weighted by Crippen LogP contribution is -1.98. The van der Waals surface area contributed by atoms with Gasteiger partial charge in [0.2, 0.25) is 0 Å². The summed E-state index contributed by atoms with van der Waals surface area (Å²) in [7, 11) is 0. The summed E-state index contributed by atoms with van der Waals surface area (Å²) in [4.78, 5) is 12.0. The molecule has 0 spiro atoms. The van der Waals surface area contributed by atoms with E-state index in [0.29, 0.717) is 20.6 Å². The van der Waals surface area contributed by atoms with Gasteiger partial charge in [-0.15, -0.1) is 0 Å². The molecule has 0 aliphatic carbocycles. The smallest absolute Gasteiger partial charge is 0.188 e. The van der Waals surface area contributed by atoms with Crippen molar-refractivity contribution >= 4 is 46.3 Å². The number of aryl methyl sites for hydroxylation is 1. The van der Waals surface area contributed by atoms with Crippen LogP contribution in [0.25, 0.3) is 0 Å². The van der Waals surface area contributed by atoms with Crippen molar-refractivity contribution in [1.82, 2.24) is 0 Å². The molecule has 0 saturated carbocycles. The van der Waals surface area contributed by atoms with Gasteiger partial charge in [0.25, 0.3) is 0 Å². The Kier molecular flexibility index (Phi) is 5.29. The van der Waals surface area contributed by atoms with Gasteiger partial charge >= 0.3 is 0 Å². The van der Waals surface area contributed by atoms with Crippen molar-refractivity contribution in [3.8, 4) is 0 Å². The van der Waals surface area contributed by atoms with Crippen molar-refractivity contribution in [1.29, 1.82) is 0 Å². The molecule has 108 valence electrons. The van der Waals surface area contributed by atoms with E-state index in [9.17, 15) is 4.79 Å². The second kappa shape index (κ2) is 6.99. The highest BCUT2D eigenvalue weighted by atomic mass is 35.5. The lowest BCUT2D eigenvalue weighted by atomic mass is 10.1. The minimum Gasteiger partial charge on any atom is -0.361 e. The third-order valence-electron chi connectivity index (χ3n) is 2.87. The van der Waals surface area contributed by atoms with Gasteiger partial charge in [-0.2, -0.15) is 0 Å². The highest BCUT2D eigenvalue weighted by molar-refractivity contribution is 6.37. The molecule has 0 atom stereocenters. The van der Waals surface area contributed by atoms with Crippen LogP contribution >= 0.6 is 34.8 Å². The molecule has 2 rings (SSSR count). The number of nitrogens with one attached hydrogen (secondary N) is 1. The minimum atomic E-state index is -0.205. The van der Waals surface area contributed by atoms with Crippen LogP contribution < -0.4 is 5.32 Å². The van der Waals surface area contributed by atoms with Gasteiger partial charge in [-0.25, -0.2) is 0 Å². The molecule has 2 aromatic carbocycles. The van der Waals surface area contributed by atoms with Gasteiger partial charge in [0.05, 0.1) is 5.02 Å². The van der Waals surface area contributed by atoms with Crippen LogP contribution in [0.15, 0.2) is 48.7 Å². The number of benzene rings is 2. The van der Waals surface area contributed by atoms with Gasteiger partial charge in [0.15, 0.2) is 5.78 Å². The number of carbonyl (C=O) groups is 1. The Labute approximate surface area is 138 Å². The molecular formula is C16H12Cl3NO. The monoisotopic (exact) mass is 339 g/mol. The van der Waals surface area contributed by atoms with Gasteiger partial charge in [0.1, 0.15) is 0 Å². The van der Waals surface area contributed by atoms with E-state index in [0.717, 1.165) is 11.3 Å². The molecular weight excluding hydrogens is 329 g/mol. The number of anilines is 1. The van der Waals surface area contributed by atoms with Crippen LogP contribution in [0, 0.1) is 6.92 Å². The number of hydrogen-bond acceptors (Lipinski definition) is 2. The Bertz CT molecular complexity index is 711. The van der Waals surface area contributed by atoms with Crippen LogP contribution in [-0.4, -0.2) is 5.78 Å². The Morgan fingerprint density at radius 1 is 1.05 bits per heavy atom. The van der Waals surface area contributed by atoms with Crippen molar-refractivity contribution < 1.29 is 4.79 Å². The van der Waals surface area contributed by atoms with E-state index in [1.165, 1.54) is 6.08 Å². The Balaban J connectivity index is 2.10. The predicted molar refractivity (Wildman–Crippen MR) is 89.7 cm³/mol. The fourth-order valence-electron chi connectivity index (χ4n) is 1.74. The summed E-state index contributed by atoms with van der Waals surface area (Å²) < 4.78 is 0. The number of carbonyl (C=O) groups excluding carboxylic acids is 1. The average Bonchev–Trinajstić information content (AvgIpc) is 2.42. The van der Waals surface area contributed by atoms with Crippen LogP contribution in [0.1, 0.15) is 15.9 Å². The third-order valence-corrected chi connectivity index (χ3v) is 3.65. The molecule has 0 unspecified atom stereocenters. The average molecular weight is 341 g/mol.